The Labute approximate surface area is 124 Å². The SMILES string of the molecule is CC1(C)CCCCC1C(O)c1cc2cccc(Cl)c2o1. The van der Waals surface area contributed by atoms with Crippen molar-refractivity contribution in [2.45, 2.75) is 45.6 Å². The first-order valence-electron chi connectivity index (χ1n) is 7.35. The first kappa shape index (κ1) is 14.0. The Morgan fingerprint density at radius 2 is 2.15 bits per heavy atom. The molecule has 0 aliphatic heterocycles. The van der Waals surface area contributed by atoms with Crippen LogP contribution in [0.25, 0.3) is 11.0 Å². The smallest absolute Gasteiger partial charge is 0.152 e. The highest BCUT2D eigenvalue weighted by Gasteiger charge is 2.38. The van der Waals surface area contributed by atoms with Gasteiger partial charge < -0.3 is 9.52 Å². The third-order valence-electron chi connectivity index (χ3n) is 4.78. The van der Waals surface area contributed by atoms with Crippen molar-refractivity contribution in [2.75, 3.05) is 0 Å². The molecule has 1 aliphatic rings. The maximum Gasteiger partial charge on any atom is 0.152 e. The van der Waals surface area contributed by atoms with Crippen LogP contribution in [0.5, 0.6) is 0 Å². The van der Waals surface area contributed by atoms with Gasteiger partial charge in [0, 0.05) is 5.39 Å². The Morgan fingerprint density at radius 3 is 2.85 bits per heavy atom. The van der Waals surface area contributed by atoms with E-state index in [-0.39, 0.29) is 11.3 Å². The lowest BCUT2D eigenvalue weighted by atomic mass is 9.66. The molecule has 108 valence electrons. The molecule has 2 nitrogen and oxygen atoms in total. The molecule has 1 aromatic carbocycles. The molecule has 0 bridgehead atoms. The standard InChI is InChI=1S/C17H21ClO2/c1-17(2)9-4-3-7-12(17)15(19)14-10-11-6-5-8-13(18)16(11)20-14/h5-6,8,10,12,15,19H,3-4,7,9H2,1-2H3. The van der Waals surface area contributed by atoms with E-state index in [4.69, 9.17) is 16.0 Å². The molecular weight excluding hydrogens is 272 g/mol. The van der Waals surface area contributed by atoms with E-state index in [0.717, 1.165) is 18.2 Å². The van der Waals surface area contributed by atoms with E-state index >= 15 is 0 Å². The summed E-state index contributed by atoms with van der Waals surface area (Å²) in [4.78, 5) is 0. The van der Waals surface area contributed by atoms with Crippen LogP contribution in [0.4, 0.5) is 0 Å². The number of aliphatic hydroxyl groups excluding tert-OH is 1. The summed E-state index contributed by atoms with van der Waals surface area (Å²) in [7, 11) is 0. The number of furan rings is 1. The minimum Gasteiger partial charge on any atom is -0.457 e. The van der Waals surface area contributed by atoms with E-state index in [1.165, 1.54) is 12.8 Å². The summed E-state index contributed by atoms with van der Waals surface area (Å²) in [6.07, 6.45) is 4.11. The van der Waals surface area contributed by atoms with E-state index in [0.29, 0.717) is 16.4 Å². The van der Waals surface area contributed by atoms with E-state index in [1.807, 2.05) is 24.3 Å². The predicted octanol–water partition coefficient (Wildman–Crippen LogP) is 5.34. The minimum atomic E-state index is -0.547. The average Bonchev–Trinajstić information content (AvgIpc) is 2.83. The molecule has 0 spiro atoms. The van der Waals surface area contributed by atoms with Gasteiger partial charge in [-0.2, -0.15) is 0 Å². The first-order valence-corrected chi connectivity index (χ1v) is 7.73. The highest BCUT2D eigenvalue weighted by molar-refractivity contribution is 6.34. The van der Waals surface area contributed by atoms with Crippen molar-refractivity contribution in [2.24, 2.45) is 11.3 Å². The maximum absolute atomic E-state index is 10.7. The number of hydrogen-bond donors (Lipinski definition) is 1. The molecule has 20 heavy (non-hydrogen) atoms. The van der Waals surface area contributed by atoms with Crippen molar-refractivity contribution < 1.29 is 9.52 Å². The van der Waals surface area contributed by atoms with E-state index < -0.39 is 6.10 Å². The third-order valence-corrected chi connectivity index (χ3v) is 5.08. The fourth-order valence-electron chi connectivity index (χ4n) is 3.50. The van der Waals surface area contributed by atoms with Gasteiger partial charge in [-0.3, -0.25) is 0 Å². The fourth-order valence-corrected chi connectivity index (χ4v) is 3.72. The van der Waals surface area contributed by atoms with Crippen LogP contribution in [-0.4, -0.2) is 5.11 Å². The zero-order valence-electron chi connectivity index (χ0n) is 12.0. The number of fused-ring (bicyclic) bond motifs is 1. The molecule has 3 heteroatoms. The number of hydrogen-bond acceptors (Lipinski definition) is 2. The van der Waals surface area contributed by atoms with Gasteiger partial charge in [-0.15, -0.1) is 0 Å². The summed E-state index contributed by atoms with van der Waals surface area (Å²) in [5.41, 5.74) is 0.831. The summed E-state index contributed by atoms with van der Waals surface area (Å²) < 4.78 is 5.83. The quantitative estimate of drug-likeness (QED) is 0.811. The normalized spacial score (nSPS) is 23.9. The van der Waals surface area contributed by atoms with Crippen LogP contribution in [0.15, 0.2) is 28.7 Å². The molecule has 1 aliphatic carbocycles. The molecular formula is C17H21ClO2. The molecule has 1 aromatic heterocycles. The Morgan fingerprint density at radius 1 is 1.35 bits per heavy atom. The van der Waals surface area contributed by atoms with Crippen molar-refractivity contribution in [3.05, 3.63) is 35.0 Å². The van der Waals surface area contributed by atoms with Crippen LogP contribution in [0.2, 0.25) is 5.02 Å². The van der Waals surface area contributed by atoms with Crippen LogP contribution < -0.4 is 0 Å². The van der Waals surface area contributed by atoms with Crippen molar-refractivity contribution in [3.8, 4) is 0 Å². The van der Waals surface area contributed by atoms with Gasteiger partial charge in [-0.25, -0.2) is 0 Å². The molecule has 1 heterocycles. The summed E-state index contributed by atoms with van der Waals surface area (Å²) in [5.74, 6) is 0.892. The van der Waals surface area contributed by atoms with Gasteiger partial charge in [0.1, 0.15) is 11.9 Å². The van der Waals surface area contributed by atoms with Crippen molar-refractivity contribution in [1.29, 1.82) is 0 Å². The number of aliphatic hydroxyl groups is 1. The Hall–Kier alpha value is -0.990. The number of benzene rings is 1. The van der Waals surface area contributed by atoms with Crippen LogP contribution in [0.3, 0.4) is 0 Å². The van der Waals surface area contributed by atoms with Gasteiger partial charge in [0.2, 0.25) is 0 Å². The number of rotatable bonds is 2. The summed E-state index contributed by atoms with van der Waals surface area (Å²) >= 11 is 6.14. The summed E-state index contributed by atoms with van der Waals surface area (Å²) in [5, 5.41) is 12.3. The summed E-state index contributed by atoms with van der Waals surface area (Å²) in [6, 6.07) is 7.61. The Bertz CT molecular complexity index is 614. The Balaban J connectivity index is 1.95. The lowest BCUT2D eigenvalue weighted by molar-refractivity contribution is -0.00718. The highest BCUT2D eigenvalue weighted by Crippen LogP contribution is 2.47. The van der Waals surface area contributed by atoms with Crippen molar-refractivity contribution in [1.82, 2.24) is 0 Å². The van der Waals surface area contributed by atoms with E-state index in [2.05, 4.69) is 13.8 Å². The van der Waals surface area contributed by atoms with Gasteiger partial charge in [0.25, 0.3) is 0 Å². The number of halogens is 1. The van der Waals surface area contributed by atoms with Gasteiger partial charge >= 0.3 is 0 Å². The van der Waals surface area contributed by atoms with Crippen molar-refractivity contribution >= 4 is 22.6 Å². The lowest BCUT2D eigenvalue weighted by Crippen LogP contribution is -2.32. The minimum absolute atomic E-state index is 0.153. The van der Waals surface area contributed by atoms with Crippen molar-refractivity contribution in [3.63, 3.8) is 0 Å². The molecule has 0 amide bonds. The van der Waals surface area contributed by atoms with E-state index in [9.17, 15) is 5.11 Å². The van der Waals surface area contributed by atoms with Crippen LogP contribution in [0, 0.1) is 11.3 Å². The van der Waals surface area contributed by atoms with Gasteiger partial charge in [0.15, 0.2) is 5.58 Å². The van der Waals surface area contributed by atoms with Gasteiger partial charge in [-0.05, 0) is 36.3 Å². The molecule has 2 atom stereocenters. The summed E-state index contributed by atoms with van der Waals surface area (Å²) in [6.45, 7) is 4.49. The lowest BCUT2D eigenvalue weighted by Gasteiger charge is -2.40. The second-order valence-corrected chi connectivity index (χ2v) is 7.00. The van der Waals surface area contributed by atoms with Crippen LogP contribution in [-0.2, 0) is 0 Å². The zero-order chi connectivity index (χ0) is 14.3. The second-order valence-electron chi connectivity index (χ2n) is 6.59. The van der Waals surface area contributed by atoms with E-state index in [1.54, 1.807) is 0 Å². The molecule has 0 radical (unpaired) electrons. The second kappa shape index (κ2) is 5.09. The largest absolute Gasteiger partial charge is 0.457 e. The maximum atomic E-state index is 10.7. The topological polar surface area (TPSA) is 33.4 Å². The number of para-hydroxylation sites is 1. The van der Waals surface area contributed by atoms with Crippen LogP contribution >= 0.6 is 11.6 Å². The Kier molecular flexibility index (Phi) is 3.55. The van der Waals surface area contributed by atoms with Crippen LogP contribution in [0.1, 0.15) is 51.4 Å². The predicted molar refractivity (Wildman–Crippen MR) is 81.9 cm³/mol. The fraction of sp³-hybridized carbons (Fsp3) is 0.529. The molecule has 3 rings (SSSR count). The molecule has 1 fully saturated rings. The monoisotopic (exact) mass is 292 g/mol. The molecule has 1 saturated carbocycles. The first-order chi connectivity index (χ1) is 9.49. The average molecular weight is 293 g/mol. The molecule has 2 unspecified atom stereocenters. The van der Waals surface area contributed by atoms with Gasteiger partial charge in [-0.1, -0.05) is 50.4 Å². The highest BCUT2D eigenvalue weighted by atomic mass is 35.5. The molecule has 2 aromatic rings. The molecule has 1 N–H and O–H groups in total. The third kappa shape index (κ3) is 2.36. The van der Waals surface area contributed by atoms with Gasteiger partial charge in [0.05, 0.1) is 5.02 Å². The zero-order valence-corrected chi connectivity index (χ0v) is 12.8. The molecule has 0 saturated heterocycles.